The second kappa shape index (κ2) is 11.5. The van der Waals surface area contributed by atoms with Crippen molar-refractivity contribution in [3.05, 3.63) is 35.4 Å². The van der Waals surface area contributed by atoms with Crippen molar-refractivity contribution in [2.45, 2.75) is 20.0 Å². The predicted octanol–water partition coefficient (Wildman–Crippen LogP) is 1.68. The molecule has 2 saturated heterocycles. The highest BCUT2D eigenvalue weighted by Gasteiger charge is 2.25. The maximum atomic E-state index is 11.6. The number of nitrogens with zero attached hydrogens (tertiary/aromatic N) is 3. The summed E-state index contributed by atoms with van der Waals surface area (Å²) in [6.45, 7) is 9.95. The molecule has 0 aliphatic carbocycles. The highest BCUT2D eigenvalue weighted by molar-refractivity contribution is 14.0. The molecule has 1 N–H and O–H groups in total. The Balaban J connectivity index is 0.00000300. The Hall–Kier alpha value is -0.910. The van der Waals surface area contributed by atoms with Crippen molar-refractivity contribution in [1.82, 2.24) is 15.1 Å². The molecule has 29 heavy (non-hydrogen) atoms. The van der Waals surface area contributed by atoms with Crippen LogP contribution in [0, 0.1) is 6.92 Å². The Kier molecular flexibility index (Phi) is 9.64. The van der Waals surface area contributed by atoms with Gasteiger partial charge in [-0.25, -0.2) is 8.42 Å². The molecule has 1 aromatic carbocycles. The summed E-state index contributed by atoms with van der Waals surface area (Å²) in [5.74, 6) is 1.44. The lowest BCUT2D eigenvalue weighted by Gasteiger charge is -2.36. The Bertz CT molecular complexity index is 774. The molecule has 3 rings (SSSR count). The fourth-order valence-electron chi connectivity index (χ4n) is 3.67. The SMILES string of the molecule is CCNC(=NCCN1CCS(=O)(=O)CC1)N1CCOC(c2ccccc2C)C1.I. The normalized spacial score (nSPS) is 22.8. The van der Waals surface area contributed by atoms with Crippen LogP contribution in [0.3, 0.4) is 0 Å². The van der Waals surface area contributed by atoms with Gasteiger partial charge in [0, 0.05) is 32.7 Å². The Morgan fingerprint density at radius 1 is 1.24 bits per heavy atom. The fourth-order valence-corrected chi connectivity index (χ4v) is 4.95. The molecule has 2 heterocycles. The zero-order valence-electron chi connectivity index (χ0n) is 17.3. The highest BCUT2D eigenvalue weighted by atomic mass is 127. The van der Waals surface area contributed by atoms with E-state index in [1.165, 1.54) is 11.1 Å². The van der Waals surface area contributed by atoms with E-state index in [4.69, 9.17) is 9.73 Å². The number of guanidine groups is 1. The molecule has 0 bridgehead atoms. The van der Waals surface area contributed by atoms with Crippen LogP contribution in [-0.4, -0.2) is 88.1 Å². The minimum Gasteiger partial charge on any atom is -0.370 e. The van der Waals surface area contributed by atoms with Crippen molar-refractivity contribution in [3.8, 4) is 0 Å². The number of rotatable bonds is 5. The quantitative estimate of drug-likeness (QED) is 0.351. The highest BCUT2D eigenvalue weighted by Crippen LogP contribution is 2.24. The van der Waals surface area contributed by atoms with Crippen LogP contribution in [0.25, 0.3) is 0 Å². The van der Waals surface area contributed by atoms with Gasteiger partial charge in [-0.15, -0.1) is 24.0 Å². The van der Waals surface area contributed by atoms with E-state index in [1.54, 1.807) is 0 Å². The minimum absolute atomic E-state index is 0. The number of nitrogens with one attached hydrogen (secondary N) is 1. The summed E-state index contributed by atoms with van der Waals surface area (Å²) >= 11 is 0. The van der Waals surface area contributed by atoms with Gasteiger partial charge >= 0.3 is 0 Å². The van der Waals surface area contributed by atoms with Gasteiger partial charge in [0.25, 0.3) is 0 Å². The number of hydrogen-bond donors (Lipinski definition) is 1. The van der Waals surface area contributed by atoms with Gasteiger partial charge < -0.3 is 15.0 Å². The van der Waals surface area contributed by atoms with Crippen LogP contribution in [0.1, 0.15) is 24.2 Å². The lowest BCUT2D eigenvalue weighted by atomic mass is 10.0. The summed E-state index contributed by atoms with van der Waals surface area (Å²) in [6.07, 6.45) is 0.0473. The smallest absolute Gasteiger partial charge is 0.194 e. The molecule has 1 aromatic rings. The van der Waals surface area contributed by atoms with Gasteiger partial charge in [-0.3, -0.25) is 9.89 Å². The summed E-state index contributed by atoms with van der Waals surface area (Å²) in [6, 6.07) is 8.37. The number of ether oxygens (including phenoxy) is 1. The minimum atomic E-state index is -2.83. The molecule has 2 fully saturated rings. The molecule has 0 aromatic heterocycles. The number of hydrogen-bond acceptors (Lipinski definition) is 5. The van der Waals surface area contributed by atoms with E-state index >= 15 is 0 Å². The predicted molar refractivity (Wildman–Crippen MR) is 128 cm³/mol. The van der Waals surface area contributed by atoms with E-state index in [-0.39, 0.29) is 41.6 Å². The van der Waals surface area contributed by atoms with Crippen LogP contribution in [0.15, 0.2) is 29.3 Å². The zero-order chi connectivity index (χ0) is 20.0. The van der Waals surface area contributed by atoms with Gasteiger partial charge in [0.2, 0.25) is 0 Å². The maximum Gasteiger partial charge on any atom is 0.194 e. The molecular weight excluding hydrogens is 503 g/mol. The molecular formula is C20H33IN4O3S. The lowest BCUT2D eigenvalue weighted by molar-refractivity contribution is -0.00833. The molecule has 0 radical (unpaired) electrons. The van der Waals surface area contributed by atoms with Crippen molar-refractivity contribution in [1.29, 1.82) is 0 Å². The standard InChI is InChI=1S/C20H32N4O3S.HI/c1-3-21-20(22-8-9-23-11-14-28(25,26)15-12-23)24-10-13-27-19(16-24)18-7-5-4-6-17(18)2;/h4-7,19H,3,8-16H2,1-2H3,(H,21,22);1H. The first kappa shape index (κ1) is 24.4. The molecule has 2 aliphatic heterocycles. The molecule has 1 unspecified atom stereocenters. The second-order valence-electron chi connectivity index (χ2n) is 7.39. The summed E-state index contributed by atoms with van der Waals surface area (Å²) in [4.78, 5) is 9.26. The van der Waals surface area contributed by atoms with E-state index < -0.39 is 9.84 Å². The molecule has 0 amide bonds. The Morgan fingerprint density at radius 3 is 2.66 bits per heavy atom. The number of benzene rings is 1. The van der Waals surface area contributed by atoms with Crippen molar-refractivity contribution in [3.63, 3.8) is 0 Å². The van der Waals surface area contributed by atoms with Gasteiger partial charge in [-0.05, 0) is 25.0 Å². The topological polar surface area (TPSA) is 74.2 Å². The average Bonchev–Trinajstić information content (AvgIpc) is 2.69. The van der Waals surface area contributed by atoms with Gasteiger partial charge in [-0.2, -0.15) is 0 Å². The first-order valence-electron chi connectivity index (χ1n) is 10.1. The fraction of sp³-hybridized carbons (Fsp3) is 0.650. The van der Waals surface area contributed by atoms with Gasteiger partial charge in [0.1, 0.15) is 6.10 Å². The summed E-state index contributed by atoms with van der Waals surface area (Å²) in [7, 11) is -2.83. The van der Waals surface area contributed by atoms with Crippen LogP contribution >= 0.6 is 24.0 Å². The van der Waals surface area contributed by atoms with Gasteiger partial charge in [-0.1, -0.05) is 24.3 Å². The summed E-state index contributed by atoms with van der Waals surface area (Å²) < 4.78 is 29.2. The van der Waals surface area contributed by atoms with Crippen LogP contribution < -0.4 is 5.32 Å². The zero-order valence-corrected chi connectivity index (χ0v) is 20.5. The second-order valence-corrected chi connectivity index (χ2v) is 9.69. The third kappa shape index (κ3) is 7.08. The van der Waals surface area contributed by atoms with Crippen molar-refractivity contribution in [2.24, 2.45) is 4.99 Å². The molecule has 0 saturated carbocycles. The first-order valence-corrected chi connectivity index (χ1v) is 11.9. The third-order valence-corrected chi connectivity index (χ3v) is 6.96. The summed E-state index contributed by atoms with van der Waals surface area (Å²) in [5, 5.41) is 3.40. The lowest BCUT2D eigenvalue weighted by Crippen LogP contribution is -2.48. The van der Waals surface area contributed by atoms with E-state index in [1.807, 2.05) is 0 Å². The molecule has 7 nitrogen and oxygen atoms in total. The molecule has 0 spiro atoms. The number of sulfone groups is 1. The van der Waals surface area contributed by atoms with Crippen LogP contribution in [0.2, 0.25) is 0 Å². The first-order chi connectivity index (χ1) is 13.5. The number of aryl methyl sites for hydroxylation is 1. The average molecular weight is 536 g/mol. The van der Waals surface area contributed by atoms with E-state index in [9.17, 15) is 8.42 Å². The van der Waals surface area contributed by atoms with Crippen LogP contribution in [0.4, 0.5) is 0 Å². The largest absolute Gasteiger partial charge is 0.370 e. The van der Waals surface area contributed by atoms with Gasteiger partial charge in [0.15, 0.2) is 15.8 Å². The van der Waals surface area contributed by atoms with Crippen molar-refractivity contribution < 1.29 is 13.2 Å². The number of aliphatic imine (C=N–C) groups is 1. The monoisotopic (exact) mass is 536 g/mol. The van der Waals surface area contributed by atoms with Crippen molar-refractivity contribution >= 4 is 39.8 Å². The third-order valence-electron chi connectivity index (χ3n) is 5.35. The maximum absolute atomic E-state index is 11.6. The molecule has 1 atom stereocenters. The van der Waals surface area contributed by atoms with Crippen molar-refractivity contribution in [2.75, 3.05) is 63.9 Å². The van der Waals surface area contributed by atoms with Crippen LogP contribution in [-0.2, 0) is 14.6 Å². The molecule has 2 aliphatic rings. The number of morpholine rings is 1. The molecule has 9 heteroatoms. The van der Waals surface area contributed by atoms with E-state index in [0.717, 1.165) is 32.1 Å². The van der Waals surface area contributed by atoms with E-state index in [2.05, 4.69) is 53.2 Å². The molecule has 164 valence electrons. The van der Waals surface area contributed by atoms with Crippen LogP contribution in [0.5, 0.6) is 0 Å². The Morgan fingerprint density at radius 2 is 1.97 bits per heavy atom. The number of halogens is 1. The van der Waals surface area contributed by atoms with E-state index in [0.29, 0.717) is 26.2 Å². The summed E-state index contributed by atoms with van der Waals surface area (Å²) in [5.41, 5.74) is 2.48. The Labute approximate surface area is 191 Å². The van der Waals surface area contributed by atoms with Gasteiger partial charge in [0.05, 0.1) is 31.2 Å².